The van der Waals surface area contributed by atoms with Gasteiger partial charge < -0.3 is 9.47 Å². The van der Waals surface area contributed by atoms with Gasteiger partial charge in [-0.3, -0.25) is 4.79 Å². The molecule has 4 nitrogen and oxygen atoms in total. The third-order valence-corrected chi connectivity index (χ3v) is 2.77. The summed E-state index contributed by atoms with van der Waals surface area (Å²) < 4.78 is 10.0. The number of hydrogen-bond donors (Lipinski definition) is 0. The Morgan fingerprint density at radius 1 is 1.05 bits per heavy atom. The maximum absolute atomic E-state index is 11.2. The lowest BCUT2D eigenvalue weighted by molar-refractivity contribution is -0.146. The van der Waals surface area contributed by atoms with Crippen LogP contribution in [0, 0.1) is 0 Å². The van der Waals surface area contributed by atoms with Crippen LogP contribution in [0.4, 0.5) is 0 Å². The van der Waals surface area contributed by atoms with Crippen LogP contribution in [-0.4, -0.2) is 24.6 Å². The molecule has 0 amide bonds. The highest BCUT2D eigenvalue weighted by Crippen LogP contribution is 2.06. The van der Waals surface area contributed by atoms with E-state index in [1.165, 1.54) is 0 Å². The van der Waals surface area contributed by atoms with E-state index in [0.29, 0.717) is 6.42 Å². The molecule has 0 aromatic heterocycles. The van der Waals surface area contributed by atoms with Gasteiger partial charge in [0, 0.05) is 12.5 Å². The van der Waals surface area contributed by atoms with Crippen molar-refractivity contribution in [3.8, 4) is 0 Å². The molecule has 1 atom stereocenters. The normalized spacial score (nSPS) is 12.2. The van der Waals surface area contributed by atoms with E-state index in [4.69, 9.17) is 9.47 Å². The smallest absolute Gasteiger partial charge is 0.330 e. The van der Waals surface area contributed by atoms with Crippen LogP contribution in [0.25, 0.3) is 0 Å². The van der Waals surface area contributed by atoms with E-state index >= 15 is 0 Å². The minimum Gasteiger partial charge on any atom is -0.458 e. The van der Waals surface area contributed by atoms with Crippen LogP contribution in [0.2, 0.25) is 0 Å². The second-order valence-electron chi connectivity index (χ2n) is 4.55. The van der Waals surface area contributed by atoms with Crippen molar-refractivity contribution in [3.05, 3.63) is 49.6 Å². The number of rotatable bonds is 12. The maximum atomic E-state index is 11.2. The molecule has 1 unspecified atom stereocenters. The molecule has 0 N–H and O–H groups in total. The van der Waals surface area contributed by atoms with Crippen LogP contribution >= 0.6 is 0 Å². The summed E-state index contributed by atoms with van der Waals surface area (Å²) in [5, 5.41) is 0. The Bertz CT molecular complexity index is 407. The lowest BCUT2D eigenvalue weighted by Crippen LogP contribution is -2.14. The number of hydrogen-bond acceptors (Lipinski definition) is 4. The van der Waals surface area contributed by atoms with Gasteiger partial charge in [-0.05, 0) is 25.7 Å². The summed E-state index contributed by atoms with van der Waals surface area (Å²) in [6.45, 7) is 9.03. The number of allylic oxidation sites excluding steroid dienone is 3. The second-order valence-corrected chi connectivity index (χ2v) is 4.55. The molecule has 0 saturated heterocycles. The average molecular weight is 306 g/mol. The zero-order chi connectivity index (χ0) is 16.6. The average Bonchev–Trinajstić information content (AvgIpc) is 2.54. The molecule has 22 heavy (non-hydrogen) atoms. The molecular formula is C18H26O4. The zero-order valence-corrected chi connectivity index (χ0v) is 13.3. The topological polar surface area (TPSA) is 52.6 Å². The third kappa shape index (κ3) is 11.7. The molecule has 4 heteroatoms. The van der Waals surface area contributed by atoms with Crippen molar-refractivity contribution in [3.63, 3.8) is 0 Å². The quantitative estimate of drug-likeness (QED) is 0.237. The Hall–Kier alpha value is -2.10. The highest BCUT2D eigenvalue weighted by molar-refractivity contribution is 5.81. The summed E-state index contributed by atoms with van der Waals surface area (Å²) in [5.74, 6) is -0.610. The molecule has 0 fully saturated rings. The fourth-order valence-electron chi connectivity index (χ4n) is 1.54. The van der Waals surface area contributed by atoms with Crippen molar-refractivity contribution in [2.75, 3.05) is 6.61 Å². The Kier molecular flexibility index (Phi) is 12.5. The predicted molar refractivity (Wildman–Crippen MR) is 88.3 cm³/mol. The molecular weight excluding hydrogens is 280 g/mol. The first-order valence-corrected chi connectivity index (χ1v) is 7.55. The van der Waals surface area contributed by atoms with Gasteiger partial charge in [-0.1, -0.05) is 50.5 Å². The Labute approximate surface area is 133 Å². The molecule has 0 bridgehead atoms. The van der Waals surface area contributed by atoms with Gasteiger partial charge in [-0.15, -0.1) is 0 Å². The zero-order valence-electron chi connectivity index (χ0n) is 13.3. The number of carbonyl (C=O) groups is 2. The SMILES string of the molecule is C=CC(=O)OC/C=C/CC/C=C\CCC(C=C)OC(=O)CC. The summed E-state index contributed by atoms with van der Waals surface area (Å²) >= 11 is 0. The summed E-state index contributed by atoms with van der Waals surface area (Å²) in [6.07, 6.45) is 14.3. The van der Waals surface area contributed by atoms with Crippen molar-refractivity contribution < 1.29 is 19.1 Å². The first kappa shape index (κ1) is 19.9. The maximum Gasteiger partial charge on any atom is 0.330 e. The van der Waals surface area contributed by atoms with Crippen LogP contribution in [0.1, 0.15) is 39.0 Å². The Balaban J connectivity index is 3.67. The van der Waals surface area contributed by atoms with Gasteiger partial charge in [-0.2, -0.15) is 0 Å². The lowest BCUT2D eigenvalue weighted by Gasteiger charge is -2.11. The van der Waals surface area contributed by atoms with E-state index in [1.54, 1.807) is 13.0 Å². The van der Waals surface area contributed by atoms with Crippen molar-refractivity contribution in [1.82, 2.24) is 0 Å². The first-order valence-electron chi connectivity index (χ1n) is 7.55. The van der Waals surface area contributed by atoms with Gasteiger partial charge >= 0.3 is 11.9 Å². The molecule has 0 aliphatic rings. The van der Waals surface area contributed by atoms with Crippen molar-refractivity contribution in [2.24, 2.45) is 0 Å². The van der Waals surface area contributed by atoms with Crippen LogP contribution < -0.4 is 0 Å². The molecule has 122 valence electrons. The van der Waals surface area contributed by atoms with Crippen molar-refractivity contribution >= 4 is 11.9 Å². The van der Waals surface area contributed by atoms with E-state index < -0.39 is 5.97 Å². The largest absolute Gasteiger partial charge is 0.458 e. The van der Waals surface area contributed by atoms with Crippen molar-refractivity contribution in [2.45, 2.75) is 45.1 Å². The van der Waals surface area contributed by atoms with E-state index in [9.17, 15) is 9.59 Å². The van der Waals surface area contributed by atoms with Crippen LogP contribution in [0.15, 0.2) is 49.6 Å². The molecule has 0 aliphatic heterocycles. The number of unbranched alkanes of at least 4 members (excludes halogenated alkanes) is 1. The standard InChI is InChI=1S/C18H26O4/c1-4-16(22-18(20)6-3)14-12-10-8-7-9-11-13-15-21-17(19)5-2/h4-5,8,10-11,13,16H,1-2,6-7,9,12,14-15H2,3H3/b10-8-,13-11+. The fraction of sp³-hybridized carbons (Fsp3) is 0.444. The van der Waals surface area contributed by atoms with Crippen molar-refractivity contribution in [1.29, 1.82) is 0 Å². The third-order valence-electron chi connectivity index (χ3n) is 2.77. The van der Waals surface area contributed by atoms with E-state index in [0.717, 1.165) is 31.8 Å². The van der Waals surface area contributed by atoms with E-state index in [1.807, 2.05) is 12.2 Å². The number of ether oxygens (including phenoxy) is 2. The van der Waals surface area contributed by atoms with Gasteiger partial charge in [-0.25, -0.2) is 4.79 Å². The fourth-order valence-corrected chi connectivity index (χ4v) is 1.54. The van der Waals surface area contributed by atoms with Gasteiger partial charge in [0.05, 0.1) is 0 Å². The van der Waals surface area contributed by atoms with E-state index in [2.05, 4.69) is 25.3 Å². The molecule has 0 aromatic rings. The minimum absolute atomic E-state index is 0.198. The number of esters is 2. The Morgan fingerprint density at radius 3 is 2.27 bits per heavy atom. The summed E-state index contributed by atoms with van der Waals surface area (Å²) in [4.78, 5) is 21.9. The minimum atomic E-state index is -0.412. The molecule has 0 radical (unpaired) electrons. The van der Waals surface area contributed by atoms with Crippen LogP contribution in [-0.2, 0) is 19.1 Å². The van der Waals surface area contributed by atoms with Crippen LogP contribution in [0.5, 0.6) is 0 Å². The molecule has 0 spiro atoms. The van der Waals surface area contributed by atoms with Gasteiger partial charge in [0.1, 0.15) is 12.7 Å². The highest BCUT2D eigenvalue weighted by Gasteiger charge is 2.07. The van der Waals surface area contributed by atoms with E-state index in [-0.39, 0.29) is 18.7 Å². The molecule has 0 heterocycles. The van der Waals surface area contributed by atoms with Gasteiger partial charge in [0.25, 0.3) is 0 Å². The summed E-state index contributed by atoms with van der Waals surface area (Å²) in [5.41, 5.74) is 0. The van der Waals surface area contributed by atoms with Gasteiger partial charge in [0.15, 0.2) is 0 Å². The summed E-state index contributed by atoms with van der Waals surface area (Å²) in [7, 11) is 0. The summed E-state index contributed by atoms with van der Waals surface area (Å²) in [6, 6.07) is 0. The Morgan fingerprint density at radius 2 is 1.68 bits per heavy atom. The molecule has 0 rings (SSSR count). The lowest BCUT2D eigenvalue weighted by atomic mass is 10.1. The second kappa shape index (κ2) is 13.9. The molecule has 0 aliphatic carbocycles. The first-order chi connectivity index (χ1) is 10.6. The molecule has 0 aromatic carbocycles. The van der Waals surface area contributed by atoms with Crippen LogP contribution in [0.3, 0.4) is 0 Å². The number of carbonyl (C=O) groups excluding carboxylic acids is 2. The highest BCUT2D eigenvalue weighted by atomic mass is 16.5. The molecule has 0 saturated carbocycles. The monoisotopic (exact) mass is 306 g/mol. The predicted octanol–water partition coefficient (Wildman–Crippen LogP) is 3.90. The van der Waals surface area contributed by atoms with Gasteiger partial charge in [0.2, 0.25) is 0 Å².